The summed E-state index contributed by atoms with van der Waals surface area (Å²) in [5.74, 6) is 0. The first-order valence-corrected chi connectivity index (χ1v) is 6.40. The van der Waals surface area contributed by atoms with E-state index in [1.165, 1.54) is 11.1 Å². The molecule has 0 bridgehead atoms. The Labute approximate surface area is 108 Å². The summed E-state index contributed by atoms with van der Waals surface area (Å²) >= 11 is 0. The Kier molecular flexibility index (Phi) is 1.98. The van der Waals surface area contributed by atoms with E-state index < -0.39 is 11.1 Å². The van der Waals surface area contributed by atoms with Crippen molar-refractivity contribution in [2.45, 2.75) is 50.7 Å². The van der Waals surface area contributed by atoms with Crippen molar-refractivity contribution in [3.05, 3.63) is 35.4 Å². The van der Waals surface area contributed by atoms with Crippen molar-refractivity contribution >= 4 is 6.09 Å². The van der Waals surface area contributed by atoms with E-state index in [1.54, 1.807) is 0 Å². The monoisotopic (exact) mass is 245 g/mol. The van der Waals surface area contributed by atoms with Gasteiger partial charge >= 0.3 is 6.09 Å². The largest absolute Gasteiger partial charge is 0.440 e. The van der Waals surface area contributed by atoms with Crippen molar-refractivity contribution in [2.75, 3.05) is 0 Å². The molecule has 3 heteroatoms. The third kappa shape index (κ3) is 1.22. The van der Waals surface area contributed by atoms with Gasteiger partial charge in [0.2, 0.25) is 0 Å². The van der Waals surface area contributed by atoms with Crippen LogP contribution < -0.4 is 5.32 Å². The van der Waals surface area contributed by atoms with E-state index in [0.29, 0.717) is 0 Å². The number of alkyl carbamates (subject to hydrolysis) is 1. The number of amides is 1. The molecule has 1 aromatic rings. The van der Waals surface area contributed by atoms with E-state index in [4.69, 9.17) is 4.74 Å². The molecule has 1 fully saturated rings. The second kappa shape index (κ2) is 3.08. The minimum absolute atomic E-state index is 0.0111. The Bertz CT molecular complexity index is 537. The average molecular weight is 245 g/mol. The van der Waals surface area contributed by atoms with Crippen molar-refractivity contribution < 1.29 is 9.53 Å². The third-order valence-corrected chi connectivity index (χ3v) is 4.70. The smallest absolute Gasteiger partial charge is 0.408 e. The fourth-order valence-electron chi connectivity index (χ4n) is 3.68. The standard InChI is InChI=1S/C15H19NO2/c1-13(2)9-14(3)15(4,16-12(17)18-14)11-8-6-5-7-10(11)13/h5-8H,9H2,1-4H3,(H,16,17)/t14-,15+/m0/s1. The number of rotatable bonds is 0. The third-order valence-electron chi connectivity index (χ3n) is 4.70. The molecule has 0 radical (unpaired) electrons. The zero-order valence-corrected chi connectivity index (χ0v) is 11.3. The van der Waals surface area contributed by atoms with E-state index in [1.807, 2.05) is 13.0 Å². The molecule has 1 aromatic carbocycles. The minimum Gasteiger partial charge on any atom is -0.440 e. The van der Waals surface area contributed by atoms with Gasteiger partial charge in [-0.25, -0.2) is 4.79 Å². The average Bonchev–Trinajstić information content (AvgIpc) is 2.48. The fourth-order valence-corrected chi connectivity index (χ4v) is 3.68. The molecule has 3 rings (SSSR count). The first-order chi connectivity index (χ1) is 8.29. The van der Waals surface area contributed by atoms with E-state index in [9.17, 15) is 4.79 Å². The molecule has 1 aliphatic carbocycles. The van der Waals surface area contributed by atoms with Gasteiger partial charge in [-0.1, -0.05) is 38.1 Å². The normalized spacial score (nSPS) is 36.3. The van der Waals surface area contributed by atoms with Gasteiger partial charge in [0.25, 0.3) is 0 Å². The van der Waals surface area contributed by atoms with E-state index in [2.05, 4.69) is 44.3 Å². The molecular weight excluding hydrogens is 226 g/mol. The van der Waals surface area contributed by atoms with Gasteiger partial charge in [0.15, 0.2) is 0 Å². The predicted molar refractivity (Wildman–Crippen MR) is 69.5 cm³/mol. The van der Waals surface area contributed by atoms with Crippen LogP contribution >= 0.6 is 0 Å². The summed E-state index contributed by atoms with van der Waals surface area (Å²) in [6, 6.07) is 8.34. The van der Waals surface area contributed by atoms with Gasteiger partial charge in [-0.15, -0.1) is 0 Å². The Hall–Kier alpha value is -1.51. The van der Waals surface area contributed by atoms with Crippen LogP contribution in [0.2, 0.25) is 0 Å². The molecule has 0 unspecified atom stereocenters. The highest BCUT2D eigenvalue weighted by molar-refractivity contribution is 5.74. The molecule has 1 heterocycles. The molecule has 1 N–H and O–H groups in total. The highest BCUT2D eigenvalue weighted by Crippen LogP contribution is 2.53. The molecule has 2 atom stereocenters. The highest BCUT2D eigenvalue weighted by Gasteiger charge is 2.61. The number of hydrogen-bond acceptors (Lipinski definition) is 2. The lowest BCUT2D eigenvalue weighted by Crippen LogP contribution is -2.57. The predicted octanol–water partition coefficient (Wildman–Crippen LogP) is 3.08. The Morgan fingerprint density at radius 2 is 1.72 bits per heavy atom. The second-order valence-electron chi connectivity index (χ2n) is 6.48. The maximum atomic E-state index is 11.7. The highest BCUT2D eigenvalue weighted by atomic mass is 16.6. The zero-order chi connectivity index (χ0) is 13.2. The molecule has 1 aliphatic heterocycles. The van der Waals surface area contributed by atoms with Gasteiger partial charge < -0.3 is 10.1 Å². The van der Waals surface area contributed by atoms with Crippen LogP contribution in [0.3, 0.4) is 0 Å². The molecule has 18 heavy (non-hydrogen) atoms. The topological polar surface area (TPSA) is 38.3 Å². The number of fused-ring (bicyclic) bond motifs is 3. The van der Waals surface area contributed by atoms with Crippen LogP contribution in [0, 0.1) is 0 Å². The van der Waals surface area contributed by atoms with Crippen molar-refractivity contribution in [2.24, 2.45) is 0 Å². The number of nitrogens with one attached hydrogen (secondary N) is 1. The number of benzene rings is 1. The van der Waals surface area contributed by atoms with Crippen molar-refractivity contribution in [1.82, 2.24) is 5.32 Å². The summed E-state index contributed by atoms with van der Waals surface area (Å²) in [6.07, 6.45) is 0.513. The van der Waals surface area contributed by atoms with Crippen LogP contribution in [0.5, 0.6) is 0 Å². The van der Waals surface area contributed by atoms with Crippen molar-refractivity contribution in [3.63, 3.8) is 0 Å². The lowest BCUT2D eigenvalue weighted by atomic mass is 9.59. The Balaban J connectivity index is 2.29. The summed E-state index contributed by atoms with van der Waals surface area (Å²) in [5.41, 5.74) is 1.57. The van der Waals surface area contributed by atoms with Gasteiger partial charge in [0, 0.05) is 0 Å². The summed E-state index contributed by atoms with van der Waals surface area (Å²) in [7, 11) is 0. The first-order valence-electron chi connectivity index (χ1n) is 6.40. The van der Waals surface area contributed by atoms with Crippen molar-refractivity contribution in [1.29, 1.82) is 0 Å². The maximum absolute atomic E-state index is 11.7. The van der Waals surface area contributed by atoms with Gasteiger partial charge in [-0.2, -0.15) is 0 Å². The minimum atomic E-state index is -0.484. The van der Waals surface area contributed by atoms with Crippen molar-refractivity contribution in [3.8, 4) is 0 Å². The maximum Gasteiger partial charge on any atom is 0.408 e. The zero-order valence-electron chi connectivity index (χ0n) is 11.3. The van der Waals surface area contributed by atoms with E-state index >= 15 is 0 Å². The lowest BCUT2D eigenvalue weighted by Gasteiger charge is -2.49. The number of carbonyl (C=O) groups excluding carboxylic acids is 1. The van der Waals surface area contributed by atoms with Crippen LogP contribution in [-0.4, -0.2) is 11.7 Å². The summed E-state index contributed by atoms with van der Waals surface area (Å²) in [5, 5.41) is 3.01. The molecule has 0 saturated carbocycles. The van der Waals surface area contributed by atoms with Crippen LogP contribution in [0.25, 0.3) is 0 Å². The fraction of sp³-hybridized carbons (Fsp3) is 0.533. The summed E-state index contributed by atoms with van der Waals surface area (Å²) < 4.78 is 5.60. The first kappa shape index (κ1) is 11.6. The van der Waals surface area contributed by atoms with Gasteiger partial charge in [0.05, 0.1) is 0 Å². The summed E-state index contributed by atoms with van der Waals surface area (Å²) in [4.78, 5) is 11.7. The van der Waals surface area contributed by atoms with Gasteiger partial charge in [-0.05, 0) is 36.8 Å². The molecular formula is C15H19NO2. The number of ether oxygens (including phenoxy) is 1. The molecule has 3 nitrogen and oxygen atoms in total. The lowest BCUT2D eigenvalue weighted by molar-refractivity contribution is -0.0137. The Morgan fingerprint density at radius 1 is 1.11 bits per heavy atom. The molecule has 1 amide bonds. The van der Waals surface area contributed by atoms with Crippen LogP contribution in [0.4, 0.5) is 4.79 Å². The number of carbonyl (C=O) groups is 1. The SMILES string of the molecule is CC1(C)C[C@]2(C)OC(=O)N[C@]2(C)c2ccccc21. The second-order valence-corrected chi connectivity index (χ2v) is 6.48. The Morgan fingerprint density at radius 3 is 2.39 bits per heavy atom. The van der Waals surface area contributed by atoms with E-state index in [0.717, 1.165) is 6.42 Å². The van der Waals surface area contributed by atoms with Crippen LogP contribution in [-0.2, 0) is 15.7 Å². The number of hydrogen-bond donors (Lipinski definition) is 1. The molecule has 2 aliphatic rings. The van der Waals surface area contributed by atoms with Gasteiger partial charge in [-0.3, -0.25) is 0 Å². The molecule has 96 valence electrons. The quantitative estimate of drug-likeness (QED) is 0.762. The van der Waals surface area contributed by atoms with E-state index in [-0.39, 0.29) is 11.5 Å². The van der Waals surface area contributed by atoms with Crippen LogP contribution in [0.15, 0.2) is 24.3 Å². The van der Waals surface area contributed by atoms with Gasteiger partial charge in [0.1, 0.15) is 11.1 Å². The molecule has 1 saturated heterocycles. The van der Waals surface area contributed by atoms with Crippen LogP contribution in [0.1, 0.15) is 45.2 Å². The molecule has 0 spiro atoms. The summed E-state index contributed by atoms with van der Waals surface area (Å²) in [6.45, 7) is 8.51. The molecule has 0 aromatic heterocycles.